The third-order valence-corrected chi connectivity index (χ3v) is 4.94. The highest BCUT2D eigenvalue weighted by Crippen LogP contribution is 2.17. The summed E-state index contributed by atoms with van der Waals surface area (Å²) in [6.45, 7) is 10.9. The van der Waals surface area contributed by atoms with Crippen LogP contribution in [0, 0.1) is 0 Å². The van der Waals surface area contributed by atoms with Crippen LogP contribution in [0.3, 0.4) is 0 Å². The number of aromatic nitrogens is 1. The maximum atomic E-state index is 5.85. The van der Waals surface area contributed by atoms with E-state index >= 15 is 0 Å². The number of benzene rings is 1. The van der Waals surface area contributed by atoms with Gasteiger partial charge in [0.15, 0.2) is 0 Å². The Kier molecular flexibility index (Phi) is 5.88. The van der Waals surface area contributed by atoms with Gasteiger partial charge in [0.2, 0.25) is 0 Å². The molecule has 0 amide bonds. The van der Waals surface area contributed by atoms with Crippen LogP contribution in [0.1, 0.15) is 36.5 Å². The maximum absolute atomic E-state index is 5.85. The van der Waals surface area contributed by atoms with Gasteiger partial charge in [0.1, 0.15) is 5.15 Å². The lowest BCUT2D eigenvalue weighted by atomic mass is 10.0. The summed E-state index contributed by atoms with van der Waals surface area (Å²) in [6.07, 6.45) is 1.88. The molecule has 0 aliphatic carbocycles. The molecule has 1 aliphatic heterocycles. The summed E-state index contributed by atoms with van der Waals surface area (Å²) in [5, 5.41) is 0.562. The number of hydrogen-bond acceptors (Lipinski definition) is 3. The Labute approximate surface area is 150 Å². The van der Waals surface area contributed by atoms with Crippen LogP contribution < -0.4 is 0 Å². The highest BCUT2D eigenvalue weighted by atomic mass is 35.5. The molecule has 4 heteroatoms. The van der Waals surface area contributed by atoms with E-state index in [1.165, 1.54) is 16.7 Å². The summed E-state index contributed by atoms with van der Waals surface area (Å²) < 4.78 is 0. The fourth-order valence-electron chi connectivity index (χ4n) is 3.13. The van der Waals surface area contributed by atoms with E-state index in [1.54, 1.807) is 0 Å². The molecule has 1 aromatic carbocycles. The molecule has 0 spiro atoms. The van der Waals surface area contributed by atoms with Gasteiger partial charge in [-0.2, -0.15) is 0 Å². The summed E-state index contributed by atoms with van der Waals surface area (Å²) in [7, 11) is 0. The lowest BCUT2D eigenvalue weighted by Gasteiger charge is -2.34. The first-order valence-corrected chi connectivity index (χ1v) is 9.12. The third kappa shape index (κ3) is 4.79. The van der Waals surface area contributed by atoms with Crippen LogP contribution >= 0.6 is 11.6 Å². The second-order valence-electron chi connectivity index (χ2n) is 6.94. The molecule has 0 unspecified atom stereocenters. The van der Waals surface area contributed by atoms with Crippen molar-refractivity contribution in [1.29, 1.82) is 0 Å². The fourth-order valence-corrected chi connectivity index (χ4v) is 3.24. The second-order valence-corrected chi connectivity index (χ2v) is 7.32. The Bertz CT molecular complexity index is 629. The van der Waals surface area contributed by atoms with Crippen molar-refractivity contribution >= 4 is 11.6 Å². The average Bonchev–Trinajstić information content (AvgIpc) is 2.59. The Morgan fingerprint density at radius 1 is 0.875 bits per heavy atom. The summed E-state index contributed by atoms with van der Waals surface area (Å²) in [4.78, 5) is 9.20. The molecule has 0 saturated carbocycles. The number of nitrogens with zero attached hydrogens (tertiary/aromatic N) is 3. The topological polar surface area (TPSA) is 19.4 Å². The SMILES string of the molecule is CC(C)c1ccc(CN2CCN(Cc3ccc(Cl)nc3)CC2)cc1. The van der Waals surface area contributed by atoms with Gasteiger partial charge in [0, 0.05) is 45.5 Å². The zero-order chi connectivity index (χ0) is 16.9. The Balaban J connectivity index is 1.47. The Morgan fingerprint density at radius 2 is 1.42 bits per heavy atom. The van der Waals surface area contributed by atoms with Crippen LogP contribution in [-0.4, -0.2) is 41.0 Å². The normalized spacial score (nSPS) is 16.7. The monoisotopic (exact) mass is 343 g/mol. The van der Waals surface area contributed by atoms with Gasteiger partial charge >= 0.3 is 0 Å². The van der Waals surface area contributed by atoms with Crippen molar-refractivity contribution in [2.24, 2.45) is 0 Å². The summed E-state index contributed by atoms with van der Waals surface area (Å²) >= 11 is 5.85. The smallest absolute Gasteiger partial charge is 0.129 e. The molecule has 1 fully saturated rings. The maximum Gasteiger partial charge on any atom is 0.129 e. The molecule has 2 heterocycles. The van der Waals surface area contributed by atoms with Crippen LogP contribution in [0.15, 0.2) is 42.6 Å². The van der Waals surface area contributed by atoms with Crippen molar-refractivity contribution in [3.8, 4) is 0 Å². The van der Waals surface area contributed by atoms with E-state index in [4.69, 9.17) is 11.6 Å². The molecule has 128 valence electrons. The van der Waals surface area contributed by atoms with E-state index in [1.807, 2.05) is 12.3 Å². The van der Waals surface area contributed by atoms with Crippen LogP contribution in [-0.2, 0) is 13.1 Å². The summed E-state index contributed by atoms with van der Waals surface area (Å²) in [6, 6.07) is 13.0. The van der Waals surface area contributed by atoms with E-state index in [2.05, 4.69) is 59.0 Å². The van der Waals surface area contributed by atoms with Crippen molar-refractivity contribution in [3.05, 3.63) is 64.4 Å². The van der Waals surface area contributed by atoms with Crippen LogP contribution in [0.5, 0.6) is 0 Å². The zero-order valence-electron chi connectivity index (χ0n) is 14.6. The molecule has 0 bridgehead atoms. The van der Waals surface area contributed by atoms with Crippen molar-refractivity contribution in [1.82, 2.24) is 14.8 Å². The van der Waals surface area contributed by atoms with E-state index in [9.17, 15) is 0 Å². The number of rotatable bonds is 5. The largest absolute Gasteiger partial charge is 0.297 e. The van der Waals surface area contributed by atoms with Gasteiger partial charge in [0.05, 0.1) is 0 Å². The molecule has 3 rings (SSSR count). The van der Waals surface area contributed by atoms with Crippen LogP contribution in [0.25, 0.3) is 0 Å². The predicted molar refractivity (Wildman–Crippen MR) is 100 cm³/mol. The average molecular weight is 344 g/mol. The zero-order valence-corrected chi connectivity index (χ0v) is 15.3. The molecule has 1 saturated heterocycles. The summed E-state index contributed by atoms with van der Waals surface area (Å²) in [5.74, 6) is 0.602. The van der Waals surface area contributed by atoms with Gasteiger partial charge < -0.3 is 0 Å². The standard InChI is InChI=1S/C20H26ClN3/c1-16(2)19-6-3-17(4-7-19)14-23-9-11-24(12-10-23)15-18-5-8-20(21)22-13-18/h3-8,13,16H,9-12,14-15H2,1-2H3. The van der Waals surface area contributed by atoms with Gasteiger partial charge in [-0.25, -0.2) is 4.98 Å². The minimum atomic E-state index is 0.562. The predicted octanol–water partition coefficient (Wildman–Crippen LogP) is 4.18. The lowest BCUT2D eigenvalue weighted by Crippen LogP contribution is -2.45. The summed E-state index contributed by atoms with van der Waals surface area (Å²) in [5.41, 5.74) is 4.06. The number of piperazine rings is 1. The van der Waals surface area contributed by atoms with E-state index < -0.39 is 0 Å². The molecule has 1 aromatic heterocycles. The van der Waals surface area contributed by atoms with E-state index in [-0.39, 0.29) is 0 Å². The first-order valence-electron chi connectivity index (χ1n) is 8.74. The van der Waals surface area contributed by atoms with E-state index in [0.717, 1.165) is 39.3 Å². The van der Waals surface area contributed by atoms with Crippen molar-refractivity contribution < 1.29 is 0 Å². The molecule has 0 N–H and O–H groups in total. The highest BCUT2D eigenvalue weighted by molar-refractivity contribution is 6.29. The first kappa shape index (κ1) is 17.4. The highest BCUT2D eigenvalue weighted by Gasteiger charge is 2.17. The Morgan fingerprint density at radius 3 is 1.92 bits per heavy atom. The van der Waals surface area contributed by atoms with Crippen molar-refractivity contribution in [2.75, 3.05) is 26.2 Å². The van der Waals surface area contributed by atoms with Crippen LogP contribution in [0.2, 0.25) is 5.15 Å². The third-order valence-electron chi connectivity index (χ3n) is 4.71. The van der Waals surface area contributed by atoms with E-state index in [0.29, 0.717) is 11.1 Å². The molecule has 3 nitrogen and oxygen atoms in total. The number of halogens is 1. The lowest BCUT2D eigenvalue weighted by molar-refractivity contribution is 0.122. The molecule has 1 aliphatic rings. The van der Waals surface area contributed by atoms with Crippen LogP contribution in [0.4, 0.5) is 0 Å². The molecular weight excluding hydrogens is 318 g/mol. The van der Waals surface area contributed by atoms with Crippen molar-refractivity contribution in [2.45, 2.75) is 32.9 Å². The van der Waals surface area contributed by atoms with Gasteiger partial charge in [0.25, 0.3) is 0 Å². The Hall–Kier alpha value is -1.42. The molecule has 2 aromatic rings. The minimum Gasteiger partial charge on any atom is -0.297 e. The van der Waals surface area contributed by atoms with Gasteiger partial charge in [-0.15, -0.1) is 0 Å². The fraction of sp³-hybridized carbons (Fsp3) is 0.450. The molecule has 24 heavy (non-hydrogen) atoms. The van der Waals surface area contributed by atoms with Crippen molar-refractivity contribution in [3.63, 3.8) is 0 Å². The molecular formula is C20H26ClN3. The quantitative estimate of drug-likeness (QED) is 0.759. The van der Waals surface area contributed by atoms with Gasteiger partial charge in [-0.05, 0) is 28.7 Å². The second kappa shape index (κ2) is 8.11. The number of pyridine rings is 1. The first-order chi connectivity index (χ1) is 11.6. The molecule has 0 radical (unpaired) electrons. The number of hydrogen-bond donors (Lipinski definition) is 0. The molecule has 0 atom stereocenters. The minimum absolute atomic E-state index is 0.562. The van der Waals surface area contributed by atoms with Gasteiger partial charge in [-0.3, -0.25) is 9.80 Å². The van der Waals surface area contributed by atoms with Gasteiger partial charge in [-0.1, -0.05) is 55.8 Å².